The molecular formula is C28H36FN3O2. The first-order valence-corrected chi connectivity index (χ1v) is 12.2. The molecule has 5 nitrogen and oxygen atoms in total. The summed E-state index contributed by atoms with van der Waals surface area (Å²) in [4.78, 5) is 7.25. The first-order valence-electron chi connectivity index (χ1n) is 12.2. The van der Waals surface area contributed by atoms with Crippen LogP contribution in [0.1, 0.15) is 58.2 Å². The van der Waals surface area contributed by atoms with Crippen LogP contribution in [0.2, 0.25) is 0 Å². The van der Waals surface area contributed by atoms with Crippen LogP contribution in [0.3, 0.4) is 0 Å². The third kappa shape index (κ3) is 6.17. The van der Waals surface area contributed by atoms with Gasteiger partial charge in [-0.05, 0) is 66.8 Å². The Bertz CT molecular complexity index is 1090. The number of hydrogen-bond acceptors (Lipinski definition) is 4. The Morgan fingerprint density at radius 2 is 1.79 bits per heavy atom. The molecule has 6 heteroatoms. The second-order valence-electron chi connectivity index (χ2n) is 10.3. The molecule has 2 heterocycles. The van der Waals surface area contributed by atoms with Gasteiger partial charge in [-0.2, -0.15) is 0 Å². The molecule has 1 aromatic heterocycles. The molecule has 0 spiro atoms. The Morgan fingerprint density at radius 1 is 1.03 bits per heavy atom. The van der Waals surface area contributed by atoms with Crippen LogP contribution in [0.25, 0.3) is 11.4 Å². The molecule has 0 saturated heterocycles. The molecule has 0 fully saturated rings. The molecule has 34 heavy (non-hydrogen) atoms. The standard InChI is InChI=1S/C28H36FN3O2/c1-5-6-14-32-24(17-30-27(32)22-8-10-23(29)11-9-22)19-31(15-13-28(2,3)4)18-21-7-12-25-26(16-21)34-20-33-25/h7-12,16-17H,5-6,13-15,18-20H2,1-4H3. The van der Waals surface area contributed by atoms with Gasteiger partial charge in [0.1, 0.15) is 11.6 Å². The maximum atomic E-state index is 13.5. The summed E-state index contributed by atoms with van der Waals surface area (Å²) < 4.78 is 26.9. The normalized spacial score (nSPS) is 13.1. The van der Waals surface area contributed by atoms with Crippen LogP contribution in [0, 0.1) is 11.2 Å². The maximum Gasteiger partial charge on any atom is 0.231 e. The van der Waals surface area contributed by atoms with Crippen molar-refractivity contribution in [2.24, 2.45) is 5.41 Å². The van der Waals surface area contributed by atoms with Gasteiger partial charge in [-0.15, -0.1) is 0 Å². The first kappa shape index (κ1) is 24.3. The smallest absolute Gasteiger partial charge is 0.231 e. The lowest BCUT2D eigenvalue weighted by Gasteiger charge is -2.27. The van der Waals surface area contributed by atoms with Crippen molar-refractivity contribution in [1.82, 2.24) is 14.5 Å². The molecule has 0 radical (unpaired) electrons. The van der Waals surface area contributed by atoms with Crippen molar-refractivity contribution in [3.8, 4) is 22.9 Å². The highest BCUT2D eigenvalue weighted by Gasteiger charge is 2.20. The van der Waals surface area contributed by atoms with Crippen LogP contribution in [-0.4, -0.2) is 27.8 Å². The molecule has 0 N–H and O–H groups in total. The van der Waals surface area contributed by atoms with Crippen LogP contribution in [0.15, 0.2) is 48.7 Å². The van der Waals surface area contributed by atoms with E-state index in [1.165, 1.54) is 23.4 Å². The number of nitrogens with zero attached hydrogens (tertiary/aromatic N) is 3. The number of rotatable bonds is 10. The van der Waals surface area contributed by atoms with Crippen molar-refractivity contribution in [1.29, 1.82) is 0 Å². The number of benzene rings is 2. The minimum absolute atomic E-state index is 0.229. The quantitative estimate of drug-likeness (QED) is 0.336. The number of halogens is 1. The number of fused-ring (bicyclic) bond motifs is 1. The summed E-state index contributed by atoms with van der Waals surface area (Å²) in [6, 6.07) is 12.8. The molecule has 0 atom stereocenters. The fourth-order valence-electron chi connectivity index (χ4n) is 4.17. The molecule has 2 aromatic carbocycles. The summed E-state index contributed by atoms with van der Waals surface area (Å²) in [6.07, 6.45) is 5.25. The Balaban J connectivity index is 1.59. The molecular weight excluding hydrogens is 429 g/mol. The van der Waals surface area contributed by atoms with Gasteiger partial charge in [0.25, 0.3) is 0 Å². The zero-order chi connectivity index (χ0) is 24.1. The van der Waals surface area contributed by atoms with E-state index in [4.69, 9.17) is 14.5 Å². The van der Waals surface area contributed by atoms with Gasteiger partial charge in [0.15, 0.2) is 11.5 Å². The summed E-state index contributed by atoms with van der Waals surface area (Å²) >= 11 is 0. The average molecular weight is 466 g/mol. The zero-order valence-electron chi connectivity index (χ0n) is 20.8. The SMILES string of the molecule is CCCCn1c(CN(CCC(C)(C)C)Cc2ccc3c(c2)OCO3)cnc1-c1ccc(F)cc1. The number of hydrogen-bond donors (Lipinski definition) is 0. The highest BCUT2D eigenvalue weighted by Crippen LogP contribution is 2.33. The van der Waals surface area contributed by atoms with E-state index in [0.29, 0.717) is 0 Å². The van der Waals surface area contributed by atoms with Crippen LogP contribution in [0.4, 0.5) is 4.39 Å². The van der Waals surface area contributed by atoms with E-state index in [0.717, 1.165) is 68.3 Å². The minimum atomic E-state index is -0.229. The lowest BCUT2D eigenvalue weighted by molar-refractivity contribution is 0.173. The Morgan fingerprint density at radius 3 is 2.53 bits per heavy atom. The molecule has 0 saturated carbocycles. The minimum Gasteiger partial charge on any atom is -0.454 e. The Kier molecular flexibility index (Phi) is 7.57. The second kappa shape index (κ2) is 10.6. The van der Waals surface area contributed by atoms with Crippen molar-refractivity contribution in [2.45, 2.75) is 66.6 Å². The summed E-state index contributed by atoms with van der Waals surface area (Å²) in [5.41, 5.74) is 3.58. The van der Waals surface area contributed by atoms with E-state index in [2.05, 4.69) is 49.3 Å². The lowest BCUT2D eigenvalue weighted by atomic mass is 9.92. The van der Waals surface area contributed by atoms with E-state index in [9.17, 15) is 4.39 Å². The summed E-state index contributed by atoms with van der Waals surface area (Å²) in [5.74, 6) is 2.31. The third-order valence-corrected chi connectivity index (χ3v) is 6.18. The van der Waals surface area contributed by atoms with E-state index < -0.39 is 0 Å². The zero-order valence-corrected chi connectivity index (χ0v) is 20.8. The Hall–Kier alpha value is -2.86. The molecule has 0 aliphatic carbocycles. The highest BCUT2D eigenvalue weighted by atomic mass is 19.1. The van der Waals surface area contributed by atoms with Crippen LogP contribution < -0.4 is 9.47 Å². The van der Waals surface area contributed by atoms with E-state index in [-0.39, 0.29) is 18.0 Å². The van der Waals surface area contributed by atoms with Crippen molar-refractivity contribution in [3.63, 3.8) is 0 Å². The summed E-state index contributed by atoms with van der Waals surface area (Å²) in [5, 5.41) is 0. The van der Waals surface area contributed by atoms with Crippen LogP contribution >= 0.6 is 0 Å². The van der Waals surface area contributed by atoms with E-state index in [1.807, 2.05) is 24.4 Å². The van der Waals surface area contributed by atoms with Crippen molar-refractivity contribution in [2.75, 3.05) is 13.3 Å². The van der Waals surface area contributed by atoms with Gasteiger partial charge in [0.2, 0.25) is 6.79 Å². The van der Waals surface area contributed by atoms with Gasteiger partial charge >= 0.3 is 0 Å². The highest BCUT2D eigenvalue weighted by molar-refractivity contribution is 5.56. The van der Waals surface area contributed by atoms with Gasteiger partial charge < -0.3 is 14.0 Å². The predicted molar refractivity (Wildman–Crippen MR) is 133 cm³/mol. The Labute approximate surface area is 202 Å². The van der Waals surface area contributed by atoms with Crippen molar-refractivity contribution in [3.05, 3.63) is 65.7 Å². The third-order valence-electron chi connectivity index (χ3n) is 6.18. The predicted octanol–water partition coefficient (Wildman–Crippen LogP) is 6.66. The number of ether oxygens (including phenoxy) is 2. The molecule has 1 aliphatic rings. The van der Waals surface area contributed by atoms with Gasteiger partial charge in [0.05, 0.1) is 11.9 Å². The number of aromatic nitrogens is 2. The largest absolute Gasteiger partial charge is 0.454 e. The van der Waals surface area contributed by atoms with Gasteiger partial charge in [-0.25, -0.2) is 9.37 Å². The molecule has 182 valence electrons. The summed E-state index contributed by atoms with van der Waals surface area (Å²) in [7, 11) is 0. The number of unbranched alkanes of at least 4 members (excludes halogenated alkanes) is 1. The molecule has 0 unspecified atom stereocenters. The first-order chi connectivity index (χ1) is 16.3. The van der Waals surface area contributed by atoms with Gasteiger partial charge in [-0.3, -0.25) is 4.90 Å². The number of imidazole rings is 1. The fourth-order valence-corrected chi connectivity index (χ4v) is 4.17. The lowest BCUT2D eigenvalue weighted by Crippen LogP contribution is -2.28. The summed E-state index contributed by atoms with van der Waals surface area (Å²) in [6.45, 7) is 12.8. The van der Waals surface area contributed by atoms with Crippen LogP contribution in [-0.2, 0) is 19.6 Å². The second-order valence-corrected chi connectivity index (χ2v) is 10.3. The van der Waals surface area contributed by atoms with Gasteiger partial charge in [-0.1, -0.05) is 40.2 Å². The van der Waals surface area contributed by atoms with Crippen LogP contribution in [0.5, 0.6) is 11.5 Å². The van der Waals surface area contributed by atoms with Crippen molar-refractivity contribution < 1.29 is 13.9 Å². The van der Waals surface area contributed by atoms with E-state index in [1.54, 1.807) is 0 Å². The molecule has 1 aliphatic heterocycles. The molecule has 0 amide bonds. The van der Waals surface area contributed by atoms with E-state index >= 15 is 0 Å². The fraction of sp³-hybridized carbons (Fsp3) is 0.464. The molecule has 0 bridgehead atoms. The molecule has 4 rings (SSSR count). The molecule has 3 aromatic rings. The monoisotopic (exact) mass is 465 g/mol. The van der Waals surface area contributed by atoms with Gasteiger partial charge in [0, 0.05) is 25.2 Å². The maximum absolute atomic E-state index is 13.5. The average Bonchev–Trinajstić information content (AvgIpc) is 3.42. The van der Waals surface area contributed by atoms with Crippen molar-refractivity contribution >= 4 is 0 Å². The topological polar surface area (TPSA) is 39.5 Å².